The minimum atomic E-state index is -0.697. The quantitative estimate of drug-likeness (QED) is 0.544. The Bertz CT molecular complexity index is 747. The van der Waals surface area contributed by atoms with Crippen molar-refractivity contribution in [1.29, 1.82) is 0 Å². The summed E-state index contributed by atoms with van der Waals surface area (Å²) in [5, 5.41) is 13.6. The van der Waals surface area contributed by atoms with Crippen LogP contribution < -0.4 is 14.9 Å². The maximum Gasteiger partial charge on any atom is 0.280 e. The van der Waals surface area contributed by atoms with Crippen LogP contribution in [-0.4, -0.2) is 29.9 Å². The van der Waals surface area contributed by atoms with Gasteiger partial charge < -0.3 is 14.6 Å². The molecule has 0 spiro atoms. The molecule has 0 aliphatic heterocycles. The molecular weight excluding hydrogens is 388 g/mol. The van der Waals surface area contributed by atoms with Gasteiger partial charge in [-0.15, -0.1) is 0 Å². The molecule has 0 heterocycles. The highest BCUT2D eigenvalue weighted by molar-refractivity contribution is 9.10. The number of aromatic hydroxyl groups is 1. The Hall–Kier alpha value is -2.54. The molecule has 0 aromatic heterocycles. The van der Waals surface area contributed by atoms with E-state index in [-0.39, 0.29) is 11.7 Å². The van der Waals surface area contributed by atoms with E-state index in [9.17, 15) is 9.90 Å². The van der Waals surface area contributed by atoms with Gasteiger partial charge in [-0.05, 0) is 61.9 Å². The molecule has 0 fully saturated rings. The molecule has 0 bridgehead atoms. The molecule has 1 atom stereocenters. The number of halogens is 1. The Kier molecular flexibility index (Phi) is 6.82. The molecule has 1 unspecified atom stereocenters. The number of nitrogens with zero attached hydrogens (tertiary/aromatic N) is 1. The zero-order valence-electron chi connectivity index (χ0n) is 13.9. The van der Waals surface area contributed by atoms with Crippen molar-refractivity contribution in [3.8, 4) is 17.2 Å². The van der Waals surface area contributed by atoms with Crippen molar-refractivity contribution in [3.05, 3.63) is 52.5 Å². The van der Waals surface area contributed by atoms with Crippen LogP contribution in [-0.2, 0) is 4.79 Å². The lowest BCUT2D eigenvalue weighted by molar-refractivity contribution is -0.127. The highest BCUT2D eigenvalue weighted by atomic mass is 79.9. The van der Waals surface area contributed by atoms with E-state index in [1.165, 1.54) is 12.3 Å². The van der Waals surface area contributed by atoms with Gasteiger partial charge in [-0.2, -0.15) is 5.10 Å². The number of hydrogen-bond acceptors (Lipinski definition) is 5. The number of phenols is 1. The number of ether oxygens (including phenoxy) is 2. The Morgan fingerprint density at radius 2 is 2.04 bits per heavy atom. The molecule has 0 saturated carbocycles. The topological polar surface area (TPSA) is 80.2 Å². The molecule has 132 valence electrons. The first-order valence-corrected chi connectivity index (χ1v) is 8.50. The molecular formula is C18H19BrN2O4. The zero-order valence-corrected chi connectivity index (χ0v) is 15.5. The van der Waals surface area contributed by atoms with Crippen LogP contribution in [0.15, 0.2) is 52.0 Å². The number of amides is 1. The van der Waals surface area contributed by atoms with Gasteiger partial charge in [0, 0.05) is 4.47 Å². The summed E-state index contributed by atoms with van der Waals surface area (Å²) in [5.74, 6) is 0.641. The first kappa shape index (κ1) is 18.8. The molecule has 6 nitrogen and oxygen atoms in total. The lowest BCUT2D eigenvalue weighted by atomic mass is 10.2. The van der Waals surface area contributed by atoms with Crippen LogP contribution in [0.1, 0.15) is 19.4 Å². The van der Waals surface area contributed by atoms with E-state index in [0.29, 0.717) is 23.7 Å². The number of hydrazone groups is 1. The summed E-state index contributed by atoms with van der Waals surface area (Å²) in [6, 6.07) is 12.0. The van der Waals surface area contributed by atoms with Crippen LogP contribution in [0, 0.1) is 0 Å². The first-order valence-electron chi connectivity index (χ1n) is 7.70. The van der Waals surface area contributed by atoms with Gasteiger partial charge in [-0.25, -0.2) is 5.43 Å². The molecule has 25 heavy (non-hydrogen) atoms. The fourth-order valence-electron chi connectivity index (χ4n) is 1.91. The molecule has 7 heteroatoms. The second-order valence-electron chi connectivity index (χ2n) is 5.11. The predicted octanol–water partition coefficient (Wildman–Crippen LogP) is 3.47. The second kappa shape index (κ2) is 9.08. The SMILES string of the molecule is CCOc1cc(/C=N/NC(=O)C(C)Oc2ccc(Br)cc2)ccc1O. The summed E-state index contributed by atoms with van der Waals surface area (Å²) in [5.41, 5.74) is 3.10. The number of benzene rings is 2. The van der Waals surface area contributed by atoms with Crippen LogP contribution in [0.25, 0.3) is 0 Å². The molecule has 1 amide bonds. The highest BCUT2D eigenvalue weighted by Crippen LogP contribution is 2.26. The summed E-state index contributed by atoms with van der Waals surface area (Å²) < 4.78 is 11.8. The van der Waals surface area contributed by atoms with E-state index >= 15 is 0 Å². The van der Waals surface area contributed by atoms with Crippen molar-refractivity contribution >= 4 is 28.1 Å². The molecule has 2 aromatic rings. The lowest BCUT2D eigenvalue weighted by Crippen LogP contribution is -2.33. The third-order valence-corrected chi connectivity index (χ3v) is 3.70. The van der Waals surface area contributed by atoms with Crippen LogP contribution in [0.4, 0.5) is 0 Å². The minimum absolute atomic E-state index is 0.0551. The Morgan fingerprint density at radius 3 is 2.72 bits per heavy atom. The largest absolute Gasteiger partial charge is 0.504 e. The van der Waals surface area contributed by atoms with Gasteiger partial charge in [0.05, 0.1) is 12.8 Å². The third kappa shape index (κ3) is 5.79. The van der Waals surface area contributed by atoms with Gasteiger partial charge in [0.25, 0.3) is 5.91 Å². The van der Waals surface area contributed by atoms with Crippen LogP contribution in [0.5, 0.6) is 17.2 Å². The number of hydrogen-bond donors (Lipinski definition) is 2. The number of carbonyl (C=O) groups excluding carboxylic acids is 1. The van der Waals surface area contributed by atoms with Crippen molar-refractivity contribution in [2.24, 2.45) is 5.10 Å². The second-order valence-corrected chi connectivity index (χ2v) is 6.02. The van der Waals surface area contributed by atoms with Crippen LogP contribution in [0.2, 0.25) is 0 Å². The smallest absolute Gasteiger partial charge is 0.280 e. The molecule has 2 N–H and O–H groups in total. The molecule has 2 aromatic carbocycles. The van der Waals surface area contributed by atoms with Gasteiger partial charge >= 0.3 is 0 Å². The standard InChI is InChI=1S/C18H19BrN2O4/c1-3-24-17-10-13(4-9-16(17)22)11-20-21-18(23)12(2)25-15-7-5-14(19)6-8-15/h4-12,22H,3H2,1-2H3,(H,21,23)/b20-11+. The zero-order chi connectivity index (χ0) is 18.2. The normalized spacial score (nSPS) is 12.0. The average molecular weight is 407 g/mol. The van der Waals surface area contributed by atoms with E-state index in [0.717, 1.165) is 4.47 Å². The summed E-state index contributed by atoms with van der Waals surface area (Å²) in [4.78, 5) is 12.0. The molecule has 0 aliphatic rings. The number of nitrogens with one attached hydrogen (secondary N) is 1. The van der Waals surface area contributed by atoms with Gasteiger partial charge in [-0.3, -0.25) is 4.79 Å². The van der Waals surface area contributed by atoms with Crippen molar-refractivity contribution in [2.75, 3.05) is 6.61 Å². The van der Waals surface area contributed by atoms with E-state index < -0.39 is 6.10 Å². The van der Waals surface area contributed by atoms with Crippen molar-refractivity contribution < 1.29 is 19.4 Å². The van der Waals surface area contributed by atoms with Gasteiger partial charge in [0.15, 0.2) is 17.6 Å². The van der Waals surface area contributed by atoms with Crippen LogP contribution in [0.3, 0.4) is 0 Å². The maximum absolute atomic E-state index is 12.0. The summed E-state index contributed by atoms with van der Waals surface area (Å²) in [7, 11) is 0. The molecule has 2 rings (SSSR count). The maximum atomic E-state index is 12.0. The third-order valence-electron chi connectivity index (χ3n) is 3.17. The number of phenolic OH excluding ortho intramolecular Hbond substituents is 1. The van der Waals surface area contributed by atoms with Gasteiger partial charge in [-0.1, -0.05) is 15.9 Å². The Morgan fingerprint density at radius 1 is 1.32 bits per heavy atom. The van der Waals surface area contributed by atoms with Gasteiger partial charge in [0.1, 0.15) is 5.75 Å². The fraction of sp³-hybridized carbons (Fsp3) is 0.222. The average Bonchev–Trinajstić information content (AvgIpc) is 2.59. The lowest BCUT2D eigenvalue weighted by Gasteiger charge is -2.12. The van der Waals surface area contributed by atoms with Crippen molar-refractivity contribution in [3.63, 3.8) is 0 Å². The van der Waals surface area contributed by atoms with E-state index in [4.69, 9.17) is 9.47 Å². The predicted molar refractivity (Wildman–Crippen MR) is 99.2 cm³/mol. The van der Waals surface area contributed by atoms with Gasteiger partial charge in [0.2, 0.25) is 0 Å². The number of rotatable bonds is 7. The van der Waals surface area contributed by atoms with E-state index in [1.807, 2.05) is 19.1 Å². The molecule has 0 saturated heterocycles. The molecule has 0 aliphatic carbocycles. The van der Waals surface area contributed by atoms with Crippen molar-refractivity contribution in [1.82, 2.24) is 5.43 Å². The Labute approximate surface area is 154 Å². The monoisotopic (exact) mass is 406 g/mol. The van der Waals surface area contributed by atoms with Crippen molar-refractivity contribution in [2.45, 2.75) is 20.0 Å². The summed E-state index contributed by atoms with van der Waals surface area (Å²) in [6.45, 7) is 3.91. The number of carbonyl (C=O) groups is 1. The molecule has 0 radical (unpaired) electrons. The highest BCUT2D eigenvalue weighted by Gasteiger charge is 2.13. The summed E-state index contributed by atoms with van der Waals surface area (Å²) in [6.07, 6.45) is 0.767. The summed E-state index contributed by atoms with van der Waals surface area (Å²) >= 11 is 3.34. The minimum Gasteiger partial charge on any atom is -0.504 e. The first-order chi connectivity index (χ1) is 12.0. The van der Waals surface area contributed by atoms with E-state index in [1.54, 1.807) is 31.2 Å². The van der Waals surface area contributed by atoms with Crippen LogP contribution >= 0.6 is 15.9 Å². The Balaban J connectivity index is 1.91. The fourth-order valence-corrected chi connectivity index (χ4v) is 2.18. The van der Waals surface area contributed by atoms with E-state index in [2.05, 4.69) is 26.5 Å².